The van der Waals surface area contributed by atoms with E-state index in [9.17, 15) is 0 Å². The summed E-state index contributed by atoms with van der Waals surface area (Å²) in [6.45, 7) is 1.76. The molecule has 25 heavy (non-hydrogen) atoms. The van der Waals surface area contributed by atoms with Crippen LogP contribution in [0.3, 0.4) is 0 Å². The number of anilines is 1. The minimum absolute atomic E-state index is 0.750. The van der Waals surface area contributed by atoms with E-state index in [1.54, 1.807) is 14.2 Å². The Hall–Kier alpha value is -2.27. The van der Waals surface area contributed by atoms with Gasteiger partial charge in [-0.25, -0.2) is 0 Å². The Morgan fingerprint density at radius 3 is 2.72 bits per heavy atom. The Morgan fingerprint density at radius 2 is 1.92 bits per heavy atom. The first kappa shape index (κ1) is 17.5. The minimum Gasteiger partial charge on any atom is -0.493 e. The quantitative estimate of drug-likeness (QED) is 0.829. The summed E-state index contributed by atoms with van der Waals surface area (Å²) in [6, 6.07) is 14.5. The number of para-hydroxylation sites is 1. The van der Waals surface area contributed by atoms with Gasteiger partial charge in [-0.15, -0.1) is 0 Å². The van der Waals surface area contributed by atoms with Crippen LogP contribution in [0.2, 0.25) is 0 Å². The zero-order valence-electron chi connectivity index (χ0n) is 14.7. The van der Waals surface area contributed by atoms with Gasteiger partial charge < -0.3 is 19.7 Å². The van der Waals surface area contributed by atoms with E-state index >= 15 is 0 Å². The Morgan fingerprint density at radius 1 is 1.12 bits per heavy atom. The predicted octanol–water partition coefficient (Wildman–Crippen LogP) is 3.57. The molecule has 0 radical (unpaired) electrons. The van der Waals surface area contributed by atoms with E-state index in [1.807, 2.05) is 12.1 Å². The largest absolute Gasteiger partial charge is 0.493 e. The van der Waals surface area contributed by atoms with Gasteiger partial charge in [-0.3, -0.25) is 0 Å². The molecule has 0 aromatic heterocycles. The van der Waals surface area contributed by atoms with E-state index < -0.39 is 0 Å². The molecule has 2 aromatic carbocycles. The lowest BCUT2D eigenvalue weighted by atomic mass is 10.0. The molecule has 0 saturated heterocycles. The third kappa shape index (κ3) is 4.04. The molecule has 1 N–H and O–H groups in total. The molecule has 0 saturated carbocycles. The van der Waals surface area contributed by atoms with Gasteiger partial charge in [0.1, 0.15) is 0 Å². The molecule has 1 aliphatic heterocycles. The third-order valence-corrected chi connectivity index (χ3v) is 4.86. The summed E-state index contributed by atoms with van der Waals surface area (Å²) in [7, 11) is 3.30. The number of nitrogens with zero attached hydrogens (tertiary/aromatic N) is 1. The molecule has 5 heteroatoms. The molecule has 0 aliphatic carbocycles. The average molecular weight is 356 g/mol. The molecule has 2 aromatic rings. The number of aryl methyl sites for hydroxylation is 1. The highest BCUT2D eigenvalue weighted by atomic mass is 32.1. The van der Waals surface area contributed by atoms with Crippen molar-refractivity contribution in [3.05, 3.63) is 53.6 Å². The molecular weight excluding hydrogens is 332 g/mol. The van der Waals surface area contributed by atoms with Crippen molar-refractivity contribution < 1.29 is 9.47 Å². The molecule has 0 unspecified atom stereocenters. The summed E-state index contributed by atoms with van der Waals surface area (Å²) in [5, 5.41) is 4.19. The van der Waals surface area contributed by atoms with Crippen molar-refractivity contribution in [2.45, 2.75) is 19.3 Å². The molecule has 0 amide bonds. The smallest absolute Gasteiger partial charge is 0.173 e. The summed E-state index contributed by atoms with van der Waals surface area (Å²) in [5.74, 6) is 1.51. The van der Waals surface area contributed by atoms with Crippen molar-refractivity contribution in [3.63, 3.8) is 0 Å². The maximum atomic E-state index is 5.62. The van der Waals surface area contributed by atoms with Gasteiger partial charge in [0, 0.05) is 18.8 Å². The standard InChI is InChI=1S/C20H24N2O2S/c1-23-18-10-9-15(14-19(18)24-2)11-12-21-20(25)22-13-5-7-16-6-3-4-8-17(16)22/h3-4,6,8-10,14H,5,7,11-13H2,1-2H3,(H,21,25). The van der Waals surface area contributed by atoms with Crippen molar-refractivity contribution in [3.8, 4) is 11.5 Å². The van der Waals surface area contributed by atoms with Gasteiger partial charge in [0.2, 0.25) is 0 Å². The van der Waals surface area contributed by atoms with Crippen molar-refractivity contribution in [2.24, 2.45) is 0 Å². The molecule has 0 atom stereocenters. The van der Waals surface area contributed by atoms with Crippen LogP contribution in [-0.4, -0.2) is 32.4 Å². The van der Waals surface area contributed by atoms with E-state index in [0.717, 1.165) is 49.0 Å². The Balaban J connectivity index is 1.59. The fraction of sp³-hybridized carbons (Fsp3) is 0.350. The van der Waals surface area contributed by atoms with Gasteiger partial charge in [0.25, 0.3) is 0 Å². The van der Waals surface area contributed by atoms with Crippen LogP contribution < -0.4 is 19.7 Å². The number of methoxy groups -OCH3 is 2. The number of rotatable bonds is 5. The molecule has 1 aliphatic rings. The Bertz CT molecular complexity index is 748. The highest BCUT2D eigenvalue weighted by Crippen LogP contribution is 2.28. The number of fused-ring (bicyclic) bond motifs is 1. The molecule has 132 valence electrons. The number of ether oxygens (including phenoxy) is 2. The van der Waals surface area contributed by atoms with Gasteiger partial charge in [-0.05, 0) is 60.8 Å². The van der Waals surface area contributed by atoms with Crippen LogP contribution in [0, 0.1) is 0 Å². The molecule has 0 spiro atoms. The van der Waals surface area contributed by atoms with Crippen LogP contribution in [0.4, 0.5) is 5.69 Å². The summed E-state index contributed by atoms with van der Waals surface area (Å²) in [6.07, 6.45) is 3.13. The van der Waals surface area contributed by atoms with Crippen LogP contribution >= 0.6 is 12.2 Å². The minimum atomic E-state index is 0.750. The van der Waals surface area contributed by atoms with E-state index in [-0.39, 0.29) is 0 Å². The monoisotopic (exact) mass is 356 g/mol. The van der Waals surface area contributed by atoms with E-state index in [0.29, 0.717) is 0 Å². The first-order valence-electron chi connectivity index (χ1n) is 8.57. The Kier molecular flexibility index (Phi) is 5.76. The van der Waals surface area contributed by atoms with Crippen LogP contribution in [0.25, 0.3) is 0 Å². The van der Waals surface area contributed by atoms with Crippen molar-refractivity contribution >= 4 is 23.0 Å². The van der Waals surface area contributed by atoms with Crippen LogP contribution in [-0.2, 0) is 12.8 Å². The zero-order valence-corrected chi connectivity index (χ0v) is 15.6. The maximum Gasteiger partial charge on any atom is 0.173 e. The first-order chi connectivity index (χ1) is 12.2. The second kappa shape index (κ2) is 8.21. The SMILES string of the molecule is COc1ccc(CCNC(=S)N2CCCc3ccccc32)cc1OC. The van der Waals surface area contributed by atoms with Crippen LogP contribution in [0.15, 0.2) is 42.5 Å². The van der Waals surface area contributed by atoms with E-state index in [2.05, 4.69) is 40.5 Å². The summed E-state index contributed by atoms with van der Waals surface area (Å²) >= 11 is 5.62. The topological polar surface area (TPSA) is 33.7 Å². The molecule has 0 bridgehead atoms. The lowest BCUT2D eigenvalue weighted by Crippen LogP contribution is -2.43. The lowest BCUT2D eigenvalue weighted by molar-refractivity contribution is 0.354. The molecule has 0 fully saturated rings. The molecule has 4 nitrogen and oxygen atoms in total. The summed E-state index contributed by atoms with van der Waals surface area (Å²) in [5.41, 5.74) is 3.79. The van der Waals surface area contributed by atoms with Gasteiger partial charge in [0.15, 0.2) is 16.6 Å². The number of thiocarbonyl (C=S) groups is 1. The number of hydrogen-bond acceptors (Lipinski definition) is 3. The van der Waals surface area contributed by atoms with Crippen molar-refractivity contribution in [2.75, 3.05) is 32.2 Å². The summed E-state index contributed by atoms with van der Waals surface area (Å²) in [4.78, 5) is 2.21. The lowest BCUT2D eigenvalue weighted by Gasteiger charge is -2.31. The highest BCUT2D eigenvalue weighted by Gasteiger charge is 2.19. The number of hydrogen-bond donors (Lipinski definition) is 1. The number of benzene rings is 2. The molecule has 3 rings (SSSR count). The van der Waals surface area contributed by atoms with Crippen molar-refractivity contribution in [1.82, 2.24) is 5.32 Å². The van der Waals surface area contributed by atoms with Crippen LogP contribution in [0.1, 0.15) is 17.5 Å². The fourth-order valence-corrected chi connectivity index (χ4v) is 3.48. The predicted molar refractivity (Wildman–Crippen MR) is 106 cm³/mol. The van der Waals surface area contributed by atoms with E-state index in [4.69, 9.17) is 21.7 Å². The molecule has 1 heterocycles. The van der Waals surface area contributed by atoms with Crippen LogP contribution in [0.5, 0.6) is 11.5 Å². The first-order valence-corrected chi connectivity index (χ1v) is 8.98. The fourth-order valence-electron chi connectivity index (χ4n) is 3.19. The van der Waals surface area contributed by atoms with E-state index in [1.165, 1.54) is 16.8 Å². The third-order valence-electron chi connectivity index (χ3n) is 4.49. The Labute approximate surface area is 154 Å². The maximum absolute atomic E-state index is 5.62. The van der Waals surface area contributed by atoms with Gasteiger partial charge in [-0.2, -0.15) is 0 Å². The number of nitrogens with one attached hydrogen (secondary N) is 1. The zero-order chi connectivity index (χ0) is 17.6. The van der Waals surface area contributed by atoms with Gasteiger partial charge in [0.05, 0.1) is 14.2 Å². The van der Waals surface area contributed by atoms with Gasteiger partial charge >= 0.3 is 0 Å². The highest BCUT2D eigenvalue weighted by molar-refractivity contribution is 7.80. The average Bonchev–Trinajstić information content (AvgIpc) is 2.67. The normalized spacial score (nSPS) is 13.1. The second-order valence-corrected chi connectivity index (χ2v) is 6.44. The van der Waals surface area contributed by atoms with Crippen molar-refractivity contribution in [1.29, 1.82) is 0 Å². The second-order valence-electron chi connectivity index (χ2n) is 6.06. The van der Waals surface area contributed by atoms with Gasteiger partial charge in [-0.1, -0.05) is 24.3 Å². The molecular formula is C20H24N2O2S. The summed E-state index contributed by atoms with van der Waals surface area (Å²) < 4.78 is 10.6.